The van der Waals surface area contributed by atoms with E-state index in [4.69, 9.17) is 0 Å². The fourth-order valence-electron chi connectivity index (χ4n) is 1.55. The van der Waals surface area contributed by atoms with Crippen LogP contribution < -0.4 is 0 Å². The van der Waals surface area contributed by atoms with E-state index in [1.807, 2.05) is 20.8 Å². The number of halogens is 2. The molecule has 1 aromatic rings. The van der Waals surface area contributed by atoms with E-state index in [2.05, 4.69) is 0 Å². The summed E-state index contributed by atoms with van der Waals surface area (Å²) in [5.74, 6) is -0.701. The predicted octanol–water partition coefficient (Wildman–Crippen LogP) is 3.90. The molecular formula is C14H18F2O. The highest BCUT2D eigenvalue weighted by molar-refractivity contribution is 5.83. The maximum atomic E-state index is 13.3. The molecule has 1 aromatic carbocycles. The zero-order valence-corrected chi connectivity index (χ0v) is 10.5. The first-order valence-electron chi connectivity index (χ1n) is 5.78. The number of hydrogen-bond donors (Lipinski definition) is 0. The number of rotatable bonds is 4. The zero-order valence-electron chi connectivity index (χ0n) is 10.5. The zero-order chi connectivity index (χ0) is 13.1. The van der Waals surface area contributed by atoms with E-state index in [0.29, 0.717) is 24.8 Å². The van der Waals surface area contributed by atoms with E-state index >= 15 is 0 Å². The molecule has 0 atom stereocenters. The molecule has 0 fully saturated rings. The second-order valence-electron chi connectivity index (χ2n) is 5.26. The van der Waals surface area contributed by atoms with Crippen LogP contribution in [0.4, 0.5) is 8.78 Å². The van der Waals surface area contributed by atoms with Crippen LogP contribution in [0, 0.1) is 17.0 Å². The number of hydrogen-bond acceptors (Lipinski definition) is 1. The molecule has 0 amide bonds. The van der Waals surface area contributed by atoms with Crippen molar-refractivity contribution in [1.82, 2.24) is 0 Å². The van der Waals surface area contributed by atoms with E-state index in [1.165, 1.54) is 6.07 Å². The van der Waals surface area contributed by atoms with Crippen molar-refractivity contribution in [2.45, 2.75) is 40.0 Å². The van der Waals surface area contributed by atoms with Crippen molar-refractivity contribution in [2.24, 2.45) is 5.41 Å². The topological polar surface area (TPSA) is 17.1 Å². The van der Waals surface area contributed by atoms with Gasteiger partial charge in [0.15, 0.2) is 0 Å². The molecular weight excluding hydrogens is 222 g/mol. The molecule has 0 spiro atoms. The second-order valence-corrected chi connectivity index (χ2v) is 5.26. The Bertz CT molecular complexity index is 405. The van der Waals surface area contributed by atoms with Gasteiger partial charge in [-0.1, -0.05) is 20.8 Å². The van der Waals surface area contributed by atoms with Gasteiger partial charge < -0.3 is 0 Å². The van der Waals surface area contributed by atoms with Gasteiger partial charge in [0.1, 0.15) is 17.4 Å². The third kappa shape index (κ3) is 4.25. The minimum Gasteiger partial charge on any atom is -0.299 e. The van der Waals surface area contributed by atoms with Crippen molar-refractivity contribution < 1.29 is 13.6 Å². The fraction of sp³-hybridized carbons (Fsp3) is 0.500. The molecule has 0 heterocycles. The summed E-state index contributed by atoms with van der Waals surface area (Å²) in [6.45, 7) is 5.58. The Morgan fingerprint density at radius 3 is 2.47 bits per heavy atom. The first-order chi connectivity index (χ1) is 7.80. The van der Waals surface area contributed by atoms with Gasteiger partial charge in [-0.3, -0.25) is 4.79 Å². The predicted molar refractivity (Wildman–Crippen MR) is 63.8 cm³/mol. The molecule has 0 bridgehead atoms. The number of Topliss-reactive ketones (excluding diaryl/α,β-unsaturated/α-hetero) is 1. The van der Waals surface area contributed by atoms with Crippen molar-refractivity contribution in [2.75, 3.05) is 0 Å². The highest BCUT2D eigenvalue weighted by atomic mass is 19.1. The lowest BCUT2D eigenvalue weighted by molar-refractivity contribution is -0.126. The van der Waals surface area contributed by atoms with Gasteiger partial charge in [-0.15, -0.1) is 0 Å². The maximum Gasteiger partial charge on any atom is 0.138 e. The molecule has 17 heavy (non-hydrogen) atoms. The Morgan fingerprint density at radius 1 is 1.24 bits per heavy atom. The smallest absolute Gasteiger partial charge is 0.138 e. The number of carbonyl (C=O) groups is 1. The molecule has 0 aromatic heterocycles. The highest BCUT2D eigenvalue weighted by Crippen LogP contribution is 2.19. The van der Waals surface area contributed by atoms with Gasteiger partial charge in [-0.2, -0.15) is 0 Å². The average molecular weight is 240 g/mol. The summed E-state index contributed by atoms with van der Waals surface area (Å²) >= 11 is 0. The van der Waals surface area contributed by atoms with Crippen LogP contribution in [-0.2, 0) is 11.2 Å². The first kappa shape index (κ1) is 13.8. The largest absolute Gasteiger partial charge is 0.299 e. The summed E-state index contributed by atoms with van der Waals surface area (Å²) in [6, 6.07) is 3.41. The molecule has 0 aliphatic heterocycles. The van der Waals surface area contributed by atoms with Crippen LogP contribution >= 0.6 is 0 Å². The molecule has 1 rings (SSSR count). The molecule has 0 aliphatic rings. The Hall–Kier alpha value is -1.25. The number of aryl methyl sites for hydroxylation is 1. The van der Waals surface area contributed by atoms with Crippen LogP contribution in [0.15, 0.2) is 18.2 Å². The molecule has 0 unspecified atom stereocenters. The number of carbonyl (C=O) groups excluding carboxylic acids is 1. The molecule has 0 saturated heterocycles. The Kier molecular flexibility index (Phi) is 4.38. The van der Waals surface area contributed by atoms with Crippen LogP contribution in [0.25, 0.3) is 0 Å². The SMILES string of the molecule is CC(C)(C)C(=O)CCCc1cc(F)ccc1F. The highest BCUT2D eigenvalue weighted by Gasteiger charge is 2.20. The summed E-state index contributed by atoms with van der Waals surface area (Å²) in [4.78, 5) is 11.6. The normalized spacial score (nSPS) is 11.6. The monoisotopic (exact) mass is 240 g/mol. The van der Waals surface area contributed by atoms with Crippen molar-refractivity contribution in [3.05, 3.63) is 35.4 Å². The summed E-state index contributed by atoms with van der Waals surface area (Å²) in [7, 11) is 0. The van der Waals surface area contributed by atoms with E-state index in [-0.39, 0.29) is 11.2 Å². The molecule has 0 N–H and O–H groups in total. The molecule has 0 radical (unpaired) electrons. The quantitative estimate of drug-likeness (QED) is 0.780. The van der Waals surface area contributed by atoms with Gasteiger partial charge in [-0.05, 0) is 36.6 Å². The lowest BCUT2D eigenvalue weighted by atomic mass is 9.87. The Morgan fingerprint density at radius 2 is 1.88 bits per heavy atom. The minimum absolute atomic E-state index is 0.148. The number of ketones is 1. The van der Waals surface area contributed by atoms with Crippen molar-refractivity contribution in [3.63, 3.8) is 0 Å². The third-order valence-corrected chi connectivity index (χ3v) is 2.69. The van der Waals surface area contributed by atoms with Crippen LogP contribution in [0.1, 0.15) is 39.2 Å². The molecule has 0 aliphatic carbocycles. The van der Waals surface area contributed by atoms with Crippen molar-refractivity contribution in [3.8, 4) is 0 Å². The van der Waals surface area contributed by atoms with Gasteiger partial charge in [0.05, 0.1) is 0 Å². The summed E-state index contributed by atoms with van der Waals surface area (Å²) < 4.78 is 26.2. The summed E-state index contributed by atoms with van der Waals surface area (Å²) in [6.07, 6.45) is 1.35. The van der Waals surface area contributed by atoms with Gasteiger partial charge >= 0.3 is 0 Å². The van der Waals surface area contributed by atoms with Crippen LogP contribution in [0.5, 0.6) is 0 Å². The molecule has 0 saturated carbocycles. The molecule has 3 heteroatoms. The Labute approximate surface area is 101 Å². The Balaban J connectivity index is 2.52. The van der Waals surface area contributed by atoms with Crippen molar-refractivity contribution >= 4 is 5.78 Å². The van der Waals surface area contributed by atoms with E-state index in [1.54, 1.807) is 0 Å². The van der Waals surface area contributed by atoms with E-state index in [0.717, 1.165) is 12.1 Å². The lowest BCUT2D eigenvalue weighted by Crippen LogP contribution is -2.19. The maximum absolute atomic E-state index is 13.3. The lowest BCUT2D eigenvalue weighted by Gasteiger charge is -2.16. The van der Waals surface area contributed by atoms with Crippen LogP contribution in [0.2, 0.25) is 0 Å². The minimum atomic E-state index is -0.441. The van der Waals surface area contributed by atoms with Crippen LogP contribution in [0.3, 0.4) is 0 Å². The fourth-order valence-corrected chi connectivity index (χ4v) is 1.55. The third-order valence-electron chi connectivity index (χ3n) is 2.69. The number of benzene rings is 1. The van der Waals surface area contributed by atoms with Gasteiger partial charge in [0.2, 0.25) is 0 Å². The summed E-state index contributed by atoms with van der Waals surface area (Å²) in [5.41, 5.74) is -0.0211. The second kappa shape index (κ2) is 5.39. The van der Waals surface area contributed by atoms with Crippen LogP contribution in [-0.4, -0.2) is 5.78 Å². The first-order valence-corrected chi connectivity index (χ1v) is 5.78. The van der Waals surface area contributed by atoms with Crippen molar-refractivity contribution in [1.29, 1.82) is 0 Å². The summed E-state index contributed by atoms with van der Waals surface area (Å²) in [5, 5.41) is 0. The van der Waals surface area contributed by atoms with E-state index < -0.39 is 11.6 Å². The van der Waals surface area contributed by atoms with Gasteiger partial charge in [-0.25, -0.2) is 8.78 Å². The van der Waals surface area contributed by atoms with Gasteiger partial charge in [0, 0.05) is 11.8 Å². The van der Waals surface area contributed by atoms with E-state index in [9.17, 15) is 13.6 Å². The van der Waals surface area contributed by atoms with Gasteiger partial charge in [0.25, 0.3) is 0 Å². The molecule has 1 nitrogen and oxygen atoms in total. The standard InChI is InChI=1S/C14H18F2O/c1-14(2,3)13(17)6-4-5-10-9-11(15)7-8-12(10)16/h7-9H,4-6H2,1-3H3. The average Bonchev–Trinajstić information content (AvgIpc) is 2.21. The molecule has 94 valence electrons.